The summed E-state index contributed by atoms with van der Waals surface area (Å²) in [7, 11) is -1.92. The molecule has 9 aromatic rings. The number of aromatic nitrogens is 6. The van der Waals surface area contributed by atoms with Crippen molar-refractivity contribution in [3.63, 3.8) is 0 Å². The minimum atomic E-state index is -3.63. The van der Waals surface area contributed by atoms with Crippen LogP contribution in [0, 0.1) is 0 Å². The van der Waals surface area contributed by atoms with Crippen LogP contribution in [-0.2, 0) is 63.5 Å². The molecule has 0 saturated carbocycles. The van der Waals surface area contributed by atoms with Gasteiger partial charge < -0.3 is 19.3 Å². The highest BCUT2D eigenvalue weighted by Crippen LogP contribution is 2.41. The largest absolute Gasteiger partial charge is 0.481 e. The second-order valence-electron chi connectivity index (χ2n) is 27.4. The number of aliphatic carboxylic acids is 1. The van der Waals surface area contributed by atoms with E-state index in [1.165, 1.54) is 90.5 Å². The Labute approximate surface area is 696 Å². The molecule has 0 spiro atoms. The van der Waals surface area contributed by atoms with Crippen molar-refractivity contribution >= 4 is 157 Å². The van der Waals surface area contributed by atoms with Crippen LogP contribution >= 0.6 is 71.9 Å². The standard InChI is InChI=1S/3C26H26N4O4S3.C2H4O2/c3*1-28(2)37(32,33)22-12-6-8-18(14-22)24-19(16-30(27-24)20-9-4-3-5-10-20)15-23-25(31)29(26(35)36-23)17-21-11-7-13-34-21;1-2(3)4/h3*3-6,8-10,12,14-16,21H,7,11,13,17H2,1-2H3;1H3,(H,3,4)/b3*23-15-;. The van der Waals surface area contributed by atoms with E-state index in [2.05, 4.69) is 0 Å². The number of benzene rings is 6. The molecular weight excluding hydrogens is 1640 g/mol. The minimum Gasteiger partial charge on any atom is -0.481 e. The molecule has 0 radical (unpaired) electrons. The van der Waals surface area contributed by atoms with E-state index in [4.69, 9.17) is 76.1 Å². The lowest BCUT2D eigenvalue weighted by Gasteiger charge is -2.18. The van der Waals surface area contributed by atoms with Gasteiger partial charge in [-0.1, -0.05) is 163 Å². The van der Waals surface area contributed by atoms with Crippen LogP contribution in [0.15, 0.2) is 212 Å². The van der Waals surface area contributed by atoms with Crippen LogP contribution in [0.5, 0.6) is 0 Å². The summed E-state index contributed by atoms with van der Waals surface area (Å²) < 4.78 is 104. The van der Waals surface area contributed by atoms with Crippen molar-refractivity contribution in [2.24, 2.45) is 0 Å². The predicted molar refractivity (Wildman–Crippen MR) is 459 cm³/mol. The zero-order valence-electron chi connectivity index (χ0n) is 63.6. The van der Waals surface area contributed by atoms with E-state index in [-0.39, 0.29) is 50.7 Å². The number of sulfonamides is 3. The summed E-state index contributed by atoms with van der Waals surface area (Å²) in [4.78, 5) is 55.6. The Kier molecular flexibility index (Phi) is 27.8. The van der Waals surface area contributed by atoms with Crippen molar-refractivity contribution in [3.8, 4) is 50.8 Å². The summed E-state index contributed by atoms with van der Waals surface area (Å²) >= 11 is 20.3. The van der Waals surface area contributed by atoms with Crippen LogP contribution in [-0.4, -0.2) is 224 Å². The van der Waals surface area contributed by atoms with Gasteiger partial charge in [0, 0.05) is 121 Å². The van der Waals surface area contributed by atoms with Gasteiger partial charge in [0.2, 0.25) is 30.1 Å². The van der Waals surface area contributed by atoms with Gasteiger partial charge in [0.1, 0.15) is 30.0 Å². The Morgan fingerprint density at radius 2 is 0.687 bits per heavy atom. The molecule has 35 heteroatoms. The average molecular weight is 1720 g/mol. The Morgan fingerprint density at radius 3 is 0.913 bits per heavy atom. The number of para-hydroxylation sites is 3. The number of carbonyl (C=O) groups excluding carboxylic acids is 3. The summed E-state index contributed by atoms with van der Waals surface area (Å²) in [5, 5.41) is 21.8. The lowest BCUT2D eigenvalue weighted by Crippen LogP contribution is -2.35. The Balaban J connectivity index is 0.000000155. The zero-order valence-corrected chi connectivity index (χ0v) is 70.9. The maximum absolute atomic E-state index is 13.3. The third-order valence-corrected chi connectivity index (χ3v) is 28.2. The molecule has 6 aliphatic heterocycles. The molecule has 1 N–H and O–H groups in total. The van der Waals surface area contributed by atoms with E-state index in [1.54, 1.807) is 102 Å². The highest BCUT2D eigenvalue weighted by molar-refractivity contribution is 8.27. The normalized spacial score (nSPS) is 19.0. The molecule has 26 nitrogen and oxygen atoms in total. The molecule has 115 heavy (non-hydrogen) atoms. The number of ether oxygens (including phenoxy) is 3. The Bertz CT molecular complexity index is 5080. The highest BCUT2D eigenvalue weighted by atomic mass is 32.2. The number of carboxylic acid groups (broad SMARTS) is 1. The number of nitrogens with zero attached hydrogens (tertiary/aromatic N) is 12. The number of hydrogen-bond acceptors (Lipinski definition) is 22. The summed E-state index contributed by atoms with van der Waals surface area (Å²) in [6, 6.07) is 48.8. The first-order valence-corrected chi connectivity index (χ1v) is 44.3. The van der Waals surface area contributed by atoms with Crippen molar-refractivity contribution < 1.29 is 63.7 Å². The number of amides is 3. The molecule has 6 aromatic carbocycles. The predicted octanol–water partition coefficient (Wildman–Crippen LogP) is 12.6. The van der Waals surface area contributed by atoms with Gasteiger partial charge in [-0.05, 0) is 130 Å². The van der Waals surface area contributed by atoms with E-state index < -0.39 is 36.0 Å². The quantitative estimate of drug-likeness (QED) is 0.0516. The number of thiocarbonyl (C=S) groups is 3. The van der Waals surface area contributed by atoms with Gasteiger partial charge in [-0.3, -0.25) is 33.9 Å². The van der Waals surface area contributed by atoms with Gasteiger partial charge in [0.25, 0.3) is 23.7 Å². The summed E-state index contributed by atoms with van der Waals surface area (Å²) in [5.41, 5.74) is 8.11. The molecule has 9 heterocycles. The molecule has 0 bridgehead atoms. The fourth-order valence-electron chi connectivity index (χ4n) is 12.7. The lowest BCUT2D eigenvalue weighted by atomic mass is 10.1. The minimum absolute atomic E-state index is 0.000345. The smallest absolute Gasteiger partial charge is 0.300 e. The average Bonchev–Trinajstić information content (AvgIpc) is 1.70. The summed E-state index contributed by atoms with van der Waals surface area (Å²) in [5.74, 6) is -1.31. The van der Waals surface area contributed by atoms with Crippen LogP contribution in [0.3, 0.4) is 0 Å². The second-order valence-corrected chi connectivity index (χ2v) is 38.9. The molecule has 6 aliphatic rings. The topological polar surface area (TPSA) is 292 Å². The lowest BCUT2D eigenvalue weighted by molar-refractivity contribution is -0.134. The third-order valence-electron chi connectivity index (χ3n) is 18.7. The van der Waals surface area contributed by atoms with Gasteiger partial charge in [-0.25, -0.2) is 52.2 Å². The highest BCUT2D eigenvalue weighted by Gasteiger charge is 2.39. The van der Waals surface area contributed by atoms with Crippen molar-refractivity contribution in [1.29, 1.82) is 0 Å². The van der Waals surface area contributed by atoms with Crippen LogP contribution in [0.4, 0.5) is 0 Å². The van der Waals surface area contributed by atoms with Gasteiger partial charge in [-0.2, -0.15) is 15.3 Å². The maximum Gasteiger partial charge on any atom is 0.300 e. The first-order chi connectivity index (χ1) is 54.9. The van der Waals surface area contributed by atoms with Crippen molar-refractivity contribution in [3.05, 3.63) is 214 Å². The van der Waals surface area contributed by atoms with E-state index in [0.29, 0.717) is 118 Å². The fourth-order valence-corrected chi connectivity index (χ4v) is 19.3. The molecule has 6 saturated heterocycles. The van der Waals surface area contributed by atoms with Gasteiger partial charge in [0.05, 0.1) is 84.4 Å². The Morgan fingerprint density at radius 1 is 0.435 bits per heavy atom. The van der Waals surface area contributed by atoms with E-state index in [1.807, 2.05) is 128 Å². The molecule has 0 aliphatic carbocycles. The summed E-state index contributed by atoms with van der Waals surface area (Å²) in [6.45, 7) is 4.55. The molecule has 3 atom stereocenters. The van der Waals surface area contributed by atoms with Crippen LogP contribution in [0.2, 0.25) is 0 Å². The van der Waals surface area contributed by atoms with E-state index >= 15 is 0 Å². The van der Waals surface area contributed by atoms with Gasteiger partial charge in [0.15, 0.2) is 0 Å². The zero-order chi connectivity index (χ0) is 82.0. The third kappa shape index (κ3) is 20.3. The van der Waals surface area contributed by atoms with Crippen LogP contribution < -0.4 is 0 Å². The second kappa shape index (κ2) is 37.5. The molecule has 6 fully saturated rings. The molecule has 3 amide bonds. The van der Waals surface area contributed by atoms with E-state index in [0.717, 1.165) is 62.5 Å². The summed E-state index contributed by atoms with van der Waals surface area (Å²) in [6.07, 6.45) is 16.6. The van der Waals surface area contributed by atoms with Crippen LogP contribution in [0.1, 0.15) is 62.1 Å². The monoisotopic (exact) mass is 1720 g/mol. The first kappa shape index (κ1) is 85.4. The number of rotatable bonds is 21. The van der Waals surface area contributed by atoms with Crippen molar-refractivity contribution in [2.75, 3.05) is 81.7 Å². The SMILES string of the molecule is CC(=O)O.CN(C)S(=O)(=O)c1cccc(-c2nn(-c3ccccc3)cc2/C=C2\SC(=S)N(CC3CCCO3)C2=O)c1.CN(C)S(=O)(=O)c1cccc(-c2nn(-c3ccccc3)cc2/C=C2\SC(=S)N(CC3CCCO3)C2=O)c1.CN(C)S(=O)(=O)c1cccc(-c2nn(-c3ccccc3)cc2/C=C2\SC(=S)N(CC3CCCO3)C2=O)c1. The molecule has 3 aromatic heterocycles. The van der Waals surface area contributed by atoms with Crippen molar-refractivity contribution in [1.82, 2.24) is 57.0 Å². The fraction of sp³-hybridized carbons (Fsp3) is 0.275. The first-order valence-electron chi connectivity index (χ1n) is 36.3. The molecular formula is C80H82N12O14S9. The van der Waals surface area contributed by atoms with E-state index in [9.17, 15) is 39.6 Å². The molecule has 15 rings (SSSR count). The van der Waals surface area contributed by atoms with Gasteiger partial charge >= 0.3 is 0 Å². The maximum atomic E-state index is 13.3. The van der Waals surface area contributed by atoms with Crippen molar-refractivity contribution in [2.45, 2.75) is 78.4 Å². The molecule has 3 unspecified atom stereocenters. The number of hydrogen-bond donors (Lipinski definition) is 1. The van der Waals surface area contributed by atoms with Crippen LogP contribution in [0.25, 0.3) is 69.1 Å². The number of thioether (sulfide) groups is 3. The molecule has 600 valence electrons. The Hall–Kier alpha value is -9.02. The number of carbonyl (C=O) groups is 4. The van der Waals surface area contributed by atoms with Gasteiger partial charge in [-0.15, -0.1) is 0 Å². The number of carboxylic acids is 1.